The monoisotopic (exact) mass is 334 g/mol. The minimum absolute atomic E-state index is 0.00349. The van der Waals surface area contributed by atoms with Gasteiger partial charge in [-0.2, -0.15) is 0 Å². The first-order valence-electron chi connectivity index (χ1n) is 7.88. The first-order valence-corrected chi connectivity index (χ1v) is 7.88. The van der Waals surface area contributed by atoms with Gasteiger partial charge in [0, 0.05) is 38.4 Å². The summed E-state index contributed by atoms with van der Waals surface area (Å²) in [4.78, 5) is 30.1. The van der Waals surface area contributed by atoms with Gasteiger partial charge in [-0.1, -0.05) is 0 Å². The topological polar surface area (TPSA) is 87.5 Å². The van der Waals surface area contributed by atoms with Crippen molar-refractivity contribution in [3.8, 4) is 0 Å². The molecule has 0 aliphatic carbocycles. The summed E-state index contributed by atoms with van der Waals surface area (Å²) in [6.45, 7) is 6.55. The third-order valence-corrected chi connectivity index (χ3v) is 4.38. The molecule has 1 saturated heterocycles. The van der Waals surface area contributed by atoms with Gasteiger partial charge in [0.15, 0.2) is 11.6 Å². The van der Waals surface area contributed by atoms with Gasteiger partial charge in [-0.3, -0.25) is 4.79 Å². The first-order chi connectivity index (χ1) is 11.5. The van der Waals surface area contributed by atoms with Gasteiger partial charge in [0.1, 0.15) is 11.2 Å². The number of carbonyl (C=O) groups is 1. The Morgan fingerprint density at radius 1 is 1.42 bits per heavy atom. The molecule has 0 unspecified atom stereocenters. The maximum absolute atomic E-state index is 14.5. The Kier molecular flexibility index (Phi) is 4.23. The van der Waals surface area contributed by atoms with Crippen molar-refractivity contribution >= 4 is 22.8 Å². The second-order valence-electron chi connectivity index (χ2n) is 5.74. The summed E-state index contributed by atoms with van der Waals surface area (Å²) in [5.41, 5.74) is -0.383. The van der Waals surface area contributed by atoms with Gasteiger partial charge in [-0.25, -0.2) is 14.2 Å². The van der Waals surface area contributed by atoms with E-state index in [0.717, 1.165) is 19.2 Å². The molecule has 1 aliphatic rings. The third kappa shape index (κ3) is 2.52. The van der Waals surface area contributed by atoms with Crippen LogP contribution in [0, 0.1) is 12.7 Å². The molecule has 1 fully saturated rings. The Bertz CT molecular complexity index is 872. The molecular formula is C16H19FN4O3. The molecule has 0 amide bonds. The summed E-state index contributed by atoms with van der Waals surface area (Å²) >= 11 is 0. The summed E-state index contributed by atoms with van der Waals surface area (Å²) in [7, 11) is 0. The van der Waals surface area contributed by atoms with Crippen LogP contribution in [0.4, 0.5) is 10.2 Å². The molecule has 0 radical (unpaired) electrons. The molecule has 0 saturated carbocycles. The Balaban J connectivity index is 2.31. The highest BCUT2D eigenvalue weighted by Crippen LogP contribution is 2.23. The van der Waals surface area contributed by atoms with Crippen molar-refractivity contribution in [3.63, 3.8) is 0 Å². The number of carboxylic acid groups (broad SMARTS) is 1. The number of pyridine rings is 2. The minimum Gasteiger partial charge on any atom is -0.477 e. The lowest BCUT2D eigenvalue weighted by Crippen LogP contribution is -2.44. The predicted octanol–water partition coefficient (Wildman–Crippen LogP) is 0.972. The molecule has 3 rings (SSSR count). The van der Waals surface area contributed by atoms with Crippen LogP contribution in [0.1, 0.15) is 23.0 Å². The van der Waals surface area contributed by atoms with E-state index in [4.69, 9.17) is 0 Å². The van der Waals surface area contributed by atoms with Crippen molar-refractivity contribution < 1.29 is 14.3 Å². The summed E-state index contributed by atoms with van der Waals surface area (Å²) in [5, 5.41) is 12.5. The van der Waals surface area contributed by atoms with Gasteiger partial charge in [0.25, 0.3) is 0 Å². The zero-order valence-corrected chi connectivity index (χ0v) is 13.6. The number of halogens is 1. The number of nitrogens with one attached hydrogen (secondary N) is 1. The molecule has 2 aromatic rings. The lowest BCUT2D eigenvalue weighted by molar-refractivity contribution is 0.0694. The van der Waals surface area contributed by atoms with Crippen LogP contribution in [0.5, 0.6) is 0 Å². The fraction of sp³-hybridized carbons (Fsp3) is 0.438. The smallest absolute Gasteiger partial charge is 0.341 e. The molecule has 3 heterocycles. The van der Waals surface area contributed by atoms with Crippen LogP contribution in [0.2, 0.25) is 0 Å². The van der Waals surface area contributed by atoms with Crippen molar-refractivity contribution in [3.05, 3.63) is 33.4 Å². The zero-order valence-electron chi connectivity index (χ0n) is 13.6. The molecule has 8 heteroatoms. The van der Waals surface area contributed by atoms with Crippen molar-refractivity contribution in [2.45, 2.75) is 20.4 Å². The maximum Gasteiger partial charge on any atom is 0.341 e. The Morgan fingerprint density at radius 2 is 2.08 bits per heavy atom. The highest BCUT2D eigenvalue weighted by Gasteiger charge is 2.23. The number of hydrogen-bond donors (Lipinski definition) is 2. The quantitative estimate of drug-likeness (QED) is 0.870. The molecule has 0 spiro atoms. The van der Waals surface area contributed by atoms with E-state index in [0.29, 0.717) is 31.0 Å². The normalized spacial score (nSPS) is 15.0. The van der Waals surface area contributed by atoms with Crippen molar-refractivity contribution in [2.75, 3.05) is 31.1 Å². The summed E-state index contributed by atoms with van der Waals surface area (Å²) in [5.74, 6) is -1.72. The van der Waals surface area contributed by atoms with Crippen molar-refractivity contribution in [2.24, 2.45) is 0 Å². The first kappa shape index (κ1) is 16.4. The molecule has 128 valence electrons. The van der Waals surface area contributed by atoms with Gasteiger partial charge >= 0.3 is 5.97 Å². The summed E-state index contributed by atoms with van der Waals surface area (Å²) < 4.78 is 16.2. The maximum atomic E-state index is 14.5. The molecule has 0 aromatic carbocycles. The van der Waals surface area contributed by atoms with E-state index in [2.05, 4.69) is 10.3 Å². The number of aromatic nitrogens is 2. The number of carboxylic acids is 1. The third-order valence-electron chi connectivity index (χ3n) is 4.38. The SMILES string of the molecule is CCn1c(C)c(C(=O)O)c(=O)c2cc(F)c(N3CCNCC3)nc21. The van der Waals surface area contributed by atoms with E-state index in [1.165, 1.54) is 0 Å². The van der Waals surface area contributed by atoms with Gasteiger partial charge in [-0.15, -0.1) is 0 Å². The van der Waals surface area contributed by atoms with Crippen LogP contribution in [-0.4, -0.2) is 46.8 Å². The summed E-state index contributed by atoms with van der Waals surface area (Å²) in [6, 6.07) is 1.11. The number of piperazine rings is 1. The standard InChI is InChI=1S/C16H19FN4O3/c1-3-21-9(2)12(16(23)24)13(22)10-8-11(17)15(19-14(10)21)20-6-4-18-5-7-20/h8,18H,3-7H2,1-2H3,(H,23,24). The van der Waals surface area contributed by atoms with Crippen molar-refractivity contribution in [1.82, 2.24) is 14.9 Å². The van der Waals surface area contributed by atoms with E-state index in [1.54, 1.807) is 11.5 Å². The van der Waals surface area contributed by atoms with Crippen LogP contribution in [-0.2, 0) is 6.54 Å². The van der Waals surface area contributed by atoms with Crippen LogP contribution < -0.4 is 15.6 Å². The van der Waals surface area contributed by atoms with E-state index in [-0.39, 0.29) is 16.8 Å². The highest BCUT2D eigenvalue weighted by atomic mass is 19.1. The number of rotatable bonds is 3. The minimum atomic E-state index is -1.31. The zero-order chi connectivity index (χ0) is 17.4. The summed E-state index contributed by atoms with van der Waals surface area (Å²) in [6.07, 6.45) is 0. The van der Waals surface area contributed by atoms with Crippen LogP contribution >= 0.6 is 0 Å². The van der Waals surface area contributed by atoms with Gasteiger partial charge in [0.2, 0.25) is 5.43 Å². The van der Waals surface area contributed by atoms with Gasteiger partial charge in [0.05, 0.1) is 5.39 Å². The average molecular weight is 334 g/mol. The van der Waals surface area contributed by atoms with Crippen LogP contribution in [0.25, 0.3) is 11.0 Å². The molecule has 2 N–H and O–H groups in total. The second-order valence-corrected chi connectivity index (χ2v) is 5.74. The van der Waals surface area contributed by atoms with Crippen LogP contribution in [0.15, 0.2) is 10.9 Å². The van der Waals surface area contributed by atoms with Crippen LogP contribution in [0.3, 0.4) is 0 Å². The number of aryl methyl sites for hydroxylation is 1. The average Bonchev–Trinajstić information content (AvgIpc) is 2.56. The largest absolute Gasteiger partial charge is 0.477 e. The molecule has 7 nitrogen and oxygen atoms in total. The molecule has 1 aliphatic heterocycles. The molecule has 2 aromatic heterocycles. The lowest BCUT2D eigenvalue weighted by atomic mass is 10.1. The van der Waals surface area contributed by atoms with E-state index in [9.17, 15) is 19.1 Å². The lowest BCUT2D eigenvalue weighted by Gasteiger charge is -2.29. The van der Waals surface area contributed by atoms with E-state index in [1.807, 2.05) is 11.8 Å². The molecule has 24 heavy (non-hydrogen) atoms. The number of hydrogen-bond acceptors (Lipinski definition) is 5. The van der Waals surface area contributed by atoms with Gasteiger partial charge < -0.3 is 19.9 Å². The number of nitrogens with zero attached hydrogens (tertiary/aromatic N) is 3. The Hall–Kier alpha value is -2.48. The number of aromatic carboxylic acids is 1. The fourth-order valence-electron chi connectivity index (χ4n) is 3.17. The van der Waals surface area contributed by atoms with E-state index < -0.39 is 17.2 Å². The van der Waals surface area contributed by atoms with Gasteiger partial charge in [-0.05, 0) is 19.9 Å². The number of anilines is 1. The molecular weight excluding hydrogens is 315 g/mol. The Morgan fingerprint density at radius 3 is 2.67 bits per heavy atom. The second kappa shape index (κ2) is 6.20. The Labute approximate surface area is 137 Å². The molecule has 0 atom stereocenters. The van der Waals surface area contributed by atoms with E-state index >= 15 is 0 Å². The number of fused-ring (bicyclic) bond motifs is 1. The predicted molar refractivity (Wildman–Crippen MR) is 88.4 cm³/mol. The molecule has 0 bridgehead atoms. The fourth-order valence-corrected chi connectivity index (χ4v) is 3.17. The highest BCUT2D eigenvalue weighted by molar-refractivity contribution is 5.93. The van der Waals surface area contributed by atoms with Crippen molar-refractivity contribution in [1.29, 1.82) is 0 Å².